The van der Waals surface area contributed by atoms with Gasteiger partial charge in [-0.3, -0.25) is 4.79 Å². The Labute approximate surface area is 95.1 Å². The quantitative estimate of drug-likeness (QED) is 0.565. The Morgan fingerprint density at radius 1 is 1.50 bits per heavy atom. The lowest BCUT2D eigenvalue weighted by Gasteiger charge is -1.98. The molecule has 3 nitrogen and oxygen atoms in total. The fraction of sp³-hybridized carbons (Fsp3) is 0.462. The van der Waals surface area contributed by atoms with Crippen LogP contribution < -0.4 is 4.74 Å². The number of fused-ring (bicyclic) bond motifs is 1. The van der Waals surface area contributed by atoms with E-state index in [1.807, 2.05) is 6.08 Å². The third-order valence-electron chi connectivity index (χ3n) is 2.92. The summed E-state index contributed by atoms with van der Waals surface area (Å²) < 4.78 is 10.7. The fourth-order valence-corrected chi connectivity index (χ4v) is 2.16. The minimum atomic E-state index is 0.190. The van der Waals surface area contributed by atoms with Crippen molar-refractivity contribution < 1.29 is 13.9 Å². The third-order valence-corrected chi connectivity index (χ3v) is 2.92. The van der Waals surface area contributed by atoms with Crippen molar-refractivity contribution >= 4 is 5.78 Å². The Hall–Kier alpha value is -1.51. The van der Waals surface area contributed by atoms with Crippen LogP contribution in [0.25, 0.3) is 0 Å². The Balaban J connectivity index is 2.24. The number of furan rings is 1. The molecule has 86 valence electrons. The number of carbonyl (C=O) groups is 1. The number of methoxy groups -OCH3 is 1. The summed E-state index contributed by atoms with van der Waals surface area (Å²) in [6.45, 7) is 3.68. The van der Waals surface area contributed by atoms with Gasteiger partial charge in [-0.15, -0.1) is 6.58 Å². The van der Waals surface area contributed by atoms with Crippen LogP contribution in [0.2, 0.25) is 0 Å². The van der Waals surface area contributed by atoms with Crippen molar-refractivity contribution in [1.82, 2.24) is 0 Å². The summed E-state index contributed by atoms with van der Waals surface area (Å²) in [6, 6.07) is 0. The van der Waals surface area contributed by atoms with E-state index in [1.54, 1.807) is 7.11 Å². The van der Waals surface area contributed by atoms with Gasteiger partial charge in [0.15, 0.2) is 5.78 Å². The Morgan fingerprint density at radius 3 is 3.00 bits per heavy atom. The average molecular weight is 220 g/mol. The number of unbranched alkanes of at least 4 members (excludes halogenated alkanes) is 1. The summed E-state index contributed by atoms with van der Waals surface area (Å²) >= 11 is 0. The van der Waals surface area contributed by atoms with Crippen LogP contribution in [0.15, 0.2) is 17.1 Å². The number of ether oxygens (including phenoxy) is 1. The molecule has 0 aliphatic heterocycles. The van der Waals surface area contributed by atoms with Gasteiger partial charge in [0, 0.05) is 18.4 Å². The molecule has 2 rings (SSSR count). The van der Waals surface area contributed by atoms with Crippen molar-refractivity contribution in [3.63, 3.8) is 0 Å². The molecule has 0 spiro atoms. The number of hydrogen-bond donors (Lipinski definition) is 0. The molecule has 16 heavy (non-hydrogen) atoms. The molecule has 1 aliphatic carbocycles. The van der Waals surface area contributed by atoms with E-state index in [4.69, 9.17) is 9.15 Å². The number of hydrogen-bond acceptors (Lipinski definition) is 3. The minimum absolute atomic E-state index is 0.190. The summed E-state index contributed by atoms with van der Waals surface area (Å²) in [5, 5.41) is 0. The number of allylic oxidation sites excluding steroid dienone is 1. The first-order chi connectivity index (χ1) is 7.77. The monoisotopic (exact) mass is 220 g/mol. The molecule has 1 aliphatic rings. The van der Waals surface area contributed by atoms with E-state index >= 15 is 0 Å². The second kappa shape index (κ2) is 4.56. The van der Waals surface area contributed by atoms with Gasteiger partial charge in [-0.05, 0) is 19.3 Å². The lowest BCUT2D eigenvalue weighted by Crippen LogP contribution is -1.95. The Bertz CT molecular complexity index is 415. The van der Waals surface area contributed by atoms with Gasteiger partial charge >= 0.3 is 0 Å². The maximum atomic E-state index is 11.7. The molecular weight excluding hydrogens is 204 g/mol. The number of ketones is 1. The predicted molar refractivity (Wildman–Crippen MR) is 61.0 cm³/mol. The molecule has 0 saturated heterocycles. The first kappa shape index (κ1) is 11.0. The number of carbonyl (C=O) groups excluding carboxylic acids is 1. The van der Waals surface area contributed by atoms with Crippen molar-refractivity contribution in [2.75, 3.05) is 7.11 Å². The molecule has 1 heterocycles. The summed E-state index contributed by atoms with van der Waals surface area (Å²) in [5.41, 5.74) is 1.74. The maximum Gasteiger partial charge on any atom is 0.288 e. The Morgan fingerprint density at radius 2 is 2.31 bits per heavy atom. The molecule has 0 saturated carbocycles. The van der Waals surface area contributed by atoms with Crippen molar-refractivity contribution in [1.29, 1.82) is 0 Å². The van der Waals surface area contributed by atoms with Crippen LogP contribution in [0.5, 0.6) is 5.95 Å². The molecule has 0 radical (unpaired) electrons. The van der Waals surface area contributed by atoms with E-state index in [1.165, 1.54) is 0 Å². The molecule has 3 heteroatoms. The van der Waals surface area contributed by atoms with E-state index in [2.05, 4.69) is 6.58 Å². The van der Waals surface area contributed by atoms with E-state index in [-0.39, 0.29) is 5.78 Å². The summed E-state index contributed by atoms with van der Waals surface area (Å²) in [5.74, 6) is 1.50. The van der Waals surface area contributed by atoms with Crippen LogP contribution in [0.4, 0.5) is 0 Å². The molecule has 0 N–H and O–H groups in total. The average Bonchev–Trinajstić information content (AvgIpc) is 2.81. The minimum Gasteiger partial charge on any atom is -0.468 e. The highest BCUT2D eigenvalue weighted by Gasteiger charge is 2.30. The van der Waals surface area contributed by atoms with Crippen molar-refractivity contribution in [2.45, 2.75) is 32.1 Å². The zero-order valence-corrected chi connectivity index (χ0v) is 9.54. The summed E-state index contributed by atoms with van der Waals surface area (Å²) in [7, 11) is 1.58. The molecule has 1 aromatic rings. The largest absolute Gasteiger partial charge is 0.468 e. The number of Topliss-reactive ketones (excluding diaryl/α,β-unsaturated/α-hetero) is 1. The molecule has 0 bridgehead atoms. The molecule has 0 atom stereocenters. The van der Waals surface area contributed by atoms with Gasteiger partial charge < -0.3 is 9.15 Å². The van der Waals surface area contributed by atoms with Crippen LogP contribution in [-0.2, 0) is 12.8 Å². The van der Waals surface area contributed by atoms with E-state index in [0.29, 0.717) is 12.4 Å². The second-order valence-electron chi connectivity index (χ2n) is 3.97. The van der Waals surface area contributed by atoms with Crippen LogP contribution >= 0.6 is 0 Å². The van der Waals surface area contributed by atoms with Crippen molar-refractivity contribution in [3.8, 4) is 5.95 Å². The van der Waals surface area contributed by atoms with Gasteiger partial charge in [-0.1, -0.05) is 6.08 Å². The number of rotatable bonds is 5. The highest BCUT2D eigenvalue weighted by Crippen LogP contribution is 2.36. The summed E-state index contributed by atoms with van der Waals surface area (Å²) in [6.07, 6.45) is 5.89. The SMILES string of the molecule is C=CCCCc1oc(OC)c2c1C(=O)CC2. The standard InChI is InChI=1S/C13H16O3/c1-3-4-5-6-11-12-9(7-8-10(12)14)13(15-2)16-11/h3H,1,4-8H2,2H3. The zero-order valence-electron chi connectivity index (χ0n) is 9.54. The summed E-state index contributed by atoms with van der Waals surface area (Å²) in [4.78, 5) is 11.7. The zero-order chi connectivity index (χ0) is 11.5. The second-order valence-corrected chi connectivity index (χ2v) is 3.97. The van der Waals surface area contributed by atoms with Crippen LogP contribution in [-0.4, -0.2) is 12.9 Å². The van der Waals surface area contributed by atoms with Crippen molar-refractivity contribution in [2.24, 2.45) is 0 Å². The highest BCUT2D eigenvalue weighted by molar-refractivity contribution is 6.02. The molecule has 0 unspecified atom stereocenters. The molecule has 0 amide bonds. The predicted octanol–water partition coefficient (Wildman–Crippen LogP) is 2.93. The van der Waals surface area contributed by atoms with Gasteiger partial charge in [0.05, 0.1) is 12.7 Å². The first-order valence-corrected chi connectivity index (χ1v) is 5.60. The van der Waals surface area contributed by atoms with Gasteiger partial charge in [-0.2, -0.15) is 0 Å². The van der Waals surface area contributed by atoms with Gasteiger partial charge in [0.25, 0.3) is 5.95 Å². The lowest BCUT2D eigenvalue weighted by molar-refractivity contribution is 0.0991. The molecule has 0 aromatic carbocycles. The van der Waals surface area contributed by atoms with E-state index in [9.17, 15) is 4.79 Å². The first-order valence-electron chi connectivity index (χ1n) is 5.60. The number of aryl methyl sites for hydroxylation is 1. The van der Waals surface area contributed by atoms with Gasteiger partial charge in [0.1, 0.15) is 5.76 Å². The maximum absolute atomic E-state index is 11.7. The lowest BCUT2D eigenvalue weighted by atomic mass is 10.1. The molecule has 0 fully saturated rings. The van der Waals surface area contributed by atoms with Gasteiger partial charge in [0.2, 0.25) is 0 Å². The van der Waals surface area contributed by atoms with Crippen LogP contribution in [0.1, 0.15) is 40.9 Å². The topological polar surface area (TPSA) is 39.4 Å². The van der Waals surface area contributed by atoms with E-state index in [0.717, 1.165) is 42.6 Å². The van der Waals surface area contributed by atoms with Crippen LogP contribution in [0, 0.1) is 0 Å². The van der Waals surface area contributed by atoms with Crippen LogP contribution in [0.3, 0.4) is 0 Å². The highest BCUT2D eigenvalue weighted by atomic mass is 16.6. The van der Waals surface area contributed by atoms with E-state index < -0.39 is 0 Å². The fourth-order valence-electron chi connectivity index (χ4n) is 2.16. The Kier molecular flexibility index (Phi) is 3.13. The molecular formula is C13H16O3. The normalized spacial score (nSPS) is 13.9. The molecule has 1 aromatic heterocycles. The van der Waals surface area contributed by atoms with Gasteiger partial charge in [-0.25, -0.2) is 0 Å². The van der Waals surface area contributed by atoms with Crippen molar-refractivity contribution in [3.05, 3.63) is 29.5 Å². The third kappa shape index (κ3) is 1.77. The smallest absolute Gasteiger partial charge is 0.288 e.